The quantitative estimate of drug-likeness (QED) is 0.278. The Kier molecular flexibility index (Phi) is 7.03. The summed E-state index contributed by atoms with van der Waals surface area (Å²) in [7, 11) is 5.57. The standard InChI is InChI=1S/C29H28ClN5O4/c1-17(36)35(14-13-33(2)3)21-9-7-20(8-10-21)31-27(18-5-12-24-25(15-18)39-29(38)34(24)4)26-22-11-6-19(30)16-23(22)32-28(26)37/h5-12,15-16,32,37H,13-14H2,1-4H3. The summed E-state index contributed by atoms with van der Waals surface area (Å²) in [5, 5.41) is 12.2. The van der Waals surface area contributed by atoms with Gasteiger partial charge in [0.05, 0.1) is 28.0 Å². The number of carbonyl (C=O) groups is 1. The second-order valence-electron chi connectivity index (χ2n) is 9.60. The minimum absolute atomic E-state index is 0.0474. The van der Waals surface area contributed by atoms with E-state index in [2.05, 4.69) is 4.98 Å². The van der Waals surface area contributed by atoms with Gasteiger partial charge in [-0.3, -0.25) is 9.36 Å². The number of rotatable bonds is 7. The molecular formula is C29H28ClN5O4. The van der Waals surface area contributed by atoms with Crippen LogP contribution in [0.1, 0.15) is 18.1 Å². The van der Waals surface area contributed by atoms with Gasteiger partial charge >= 0.3 is 5.76 Å². The maximum absolute atomic E-state index is 12.3. The van der Waals surface area contributed by atoms with E-state index >= 15 is 0 Å². The van der Waals surface area contributed by atoms with Gasteiger partial charge in [0.2, 0.25) is 5.91 Å². The van der Waals surface area contributed by atoms with Crippen molar-refractivity contribution in [1.82, 2.24) is 14.5 Å². The van der Waals surface area contributed by atoms with Crippen molar-refractivity contribution >= 4 is 56.6 Å². The van der Waals surface area contributed by atoms with Gasteiger partial charge in [-0.05, 0) is 62.6 Å². The Hall–Kier alpha value is -4.34. The zero-order valence-electron chi connectivity index (χ0n) is 22.0. The Morgan fingerprint density at radius 3 is 2.51 bits per heavy atom. The van der Waals surface area contributed by atoms with Crippen molar-refractivity contribution in [1.29, 1.82) is 0 Å². The van der Waals surface area contributed by atoms with Crippen molar-refractivity contribution in [2.24, 2.45) is 12.0 Å². The second kappa shape index (κ2) is 10.4. The van der Waals surface area contributed by atoms with Crippen LogP contribution < -0.4 is 10.7 Å². The van der Waals surface area contributed by atoms with Crippen LogP contribution in [-0.4, -0.2) is 58.4 Å². The number of benzene rings is 3. The van der Waals surface area contributed by atoms with Gasteiger partial charge in [-0.1, -0.05) is 23.7 Å². The number of amides is 1. The third kappa shape index (κ3) is 5.19. The van der Waals surface area contributed by atoms with Crippen molar-refractivity contribution in [2.75, 3.05) is 32.1 Å². The number of fused-ring (bicyclic) bond motifs is 2. The molecule has 2 N–H and O–H groups in total. The Morgan fingerprint density at radius 2 is 1.82 bits per heavy atom. The third-order valence-electron chi connectivity index (χ3n) is 6.60. The maximum Gasteiger partial charge on any atom is 0.419 e. The van der Waals surface area contributed by atoms with Crippen molar-refractivity contribution in [3.05, 3.63) is 87.4 Å². The molecule has 0 fully saturated rings. The van der Waals surface area contributed by atoms with Gasteiger partial charge in [-0.2, -0.15) is 0 Å². The van der Waals surface area contributed by atoms with Crippen molar-refractivity contribution < 1.29 is 14.3 Å². The van der Waals surface area contributed by atoms with Crippen LogP contribution in [0.5, 0.6) is 5.88 Å². The molecule has 200 valence electrons. The molecule has 0 saturated heterocycles. The number of aliphatic imine (C=N–C) groups is 1. The molecule has 9 nitrogen and oxygen atoms in total. The zero-order chi connectivity index (χ0) is 27.8. The molecule has 0 saturated carbocycles. The largest absolute Gasteiger partial charge is 0.494 e. The fourth-order valence-electron chi connectivity index (χ4n) is 4.55. The predicted octanol–water partition coefficient (Wildman–Crippen LogP) is 5.06. The van der Waals surface area contributed by atoms with E-state index < -0.39 is 5.76 Å². The molecule has 0 atom stereocenters. The summed E-state index contributed by atoms with van der Waals surface area (Å²) >= 11 is 6.18. The van der Waals surface area contributed by atoms with E-state index in [1.165, 1.54) is 4.57 Å². The number of halogens is 1. The summed E-state index contributed by atoms with van der Waals surface area (Å²) in [4.78, 5) is 36.0. The number of anilines is 1. The lowest BCUT2D eigenvalue weighted by Gasteiger charge is -2.23. The number of hydrogen-bond donors (Lipinski definition) is 2. The summed E-state index contributed by atoms with van der Waals surface area (Å²) in [5.41, 5.74) is 4.68. The molecule has 0 aliphatic carbocycles. The SMILES string of the molecule is CC(=O)N(CCN(C)C)c1ccc(N=C(c2ccc3c(c2)oc(=O)n3C)c2c(O)[nH]c3cc(Cl)ccc23)cc1. The highest BCUT2D eigenvalue weighted by Gasteiger charge is 2.21. The van der Waals surface area contributed by atoms with Gasteiger partial charge in [0.1, 0.15) is 0 Å². The molecule has 0 unspecified atom stereocenters. The van der Waals surface area contributed by atoms with Crippen LogP contribution in [0.15, 0.2) is 74.9 Å². The molecule has 3 aromatic carbocycles. The lowest BCUT2D eigenvalue weighted by Crippen LogP contribution is -2.35. The highest BCUT2D eigenvalue weighted by molar-refractivity contribution is 6.31. The number of aromatic hydroxyl groups is 1. The lowest BCUT2D eigenvalue weighted by molar-refractivity contribution is -0.116. The van der Waals surface area contributed by atoms with Crippen LogP contribution >= 0.6 is 11.6 Å². The van der Waals surface area contributed by atoms with Crippen LogP contribution in [0.25, 0.3) is 22.0 Å². The van der Waals surface area contributed by atoms with Crippen LogP contribution in [0.2, 0.25) is 5.02 Å². The Balaban J connectivity index is 1.64. The molecule has 0 aliphatic heterocycles. The van der Waals surface area contributed by atoms with Crippen LogP contribution in [-0.2, 0) is 11.8 Å². The first-order valence-electron chi connectivity index (χ1n) is 12.3. The molecule has 10 heteroatoms. The highest BCUT2D eigenvalue weighted by Crippen LogP contribution is 2.34. The van der Waals surface area contributed by atoms with E-state index in [0.717, 1.165) is 17.6 Å². The minimum atomic E-state index is -0.467. The Morgan fingerprint density at radius 1 is 1.08 bits per heavy atom. The monoisotopic (exact) mass is 545 g/mol. The van der Waals surface area contributed by atoms with Gasteiger partial charge < -0.3 is 24.3 Å². The number of likely N-dealkylation sites (N-methyl/N-ethyl adjacent to an activating group) is 1. The van der Waals surface area contributed by atoms with Gasteiger partial charge in [-0.25, -0.2) is 9.79 Å². The fraction of sp³-hybridized carbons (Fsp3) is 0.207. The number of H-pyrrole nitrogens is 1. The molecule has 0 bridgehead atoms. The minimum Gasteiger partial charge on any atom is -0.494 e. The lowest BCUT2D eigenvalue weighted by atomic mass is 10.0. The fourth-order valence-corrected chi connectivity index (χ4v) is 4.72. The Bertz CT molecular complexity index is 1780. The van der Waals surface area contributed by atoms with Gasteiger partial charge in [0.15, 0.2) is 11.5 Å². The zero-order valence-corrected chi connectivity index (χ0v) is 22.8. The van der Waals surface area contributed by atoms with Crippen LogP contribution in [0.4, 0.5) is 11.4 Å². The number of hydrogen-bond acceptors (Lipinski definition) is 6. The normalized spacial score (nSPS) is 12.1. The first-order valence-corrected chi connectivity index (χ1v) is 12.7. The van der Waals surface area contributed by atoms with Gasteiger partial charge in [-0.15, -0.1) is 0 Å². The number of aromatic nitrogens is 2. The smallest absolute Gasteiger partial charge is 0.419 e. The number of carbonyl (C=O) groups excluding carboxylic acids is 1. The highest BCUT2D eigenvalue weighted by atomic mass is 35.5. The summed E-state index contributed by atoms with van der Waals surface area (Å²) in [6.45, 7) is 2.83. The summed E-state index contributed by atoms with van der Waals surface area (Å²) in [6.07, 6.45) is 0. The van der Waals surface area contributed by atoms with Crippen LogP contribution in [0.3, 0.4) is 0 Å². The summed E-state index contributed by atoms with van der Waals surface area (Å²) in [6, 6.07) is 18.0. The van der Waals surface area contributed by atoms with Crippen molar-refractivity contribution in [3.63, 3.8) is 0 Å². The van der Waals surface area contributed by atoms with E-state index in [0.29, 0.717) is 50.7 Å². The number of aryl methyl sites for hydroxylation is 1. The molecule has 39 heavy (non-hydrogen) atoms. The Labute approximate surface area is 229 Å². The van der Waals surface area contributed by atoms with Crippen molar-refractivity contribution in [3.8, 4) is 5.88 Å². The van der Waals surface area contributed by atoms with E-state index in [1.807, 2.05) is 55.4 Å². The molecule has 5 rings (SSSR count). The van der Waals surface area contributed by atoms with Crippen LogP contribution in [0, 0.1) is 0 Å². The molecular weight excluding hydrogens is 518 g/mol. The van der Waals surface area contributed by atoms with Gasteiger partial charge in [0.25, 0.3) is 0 Å². The van der Waals surface area contributed by atoms with Gasteiger partial charge in [0, 0.05) is 48.7 Å². The van der Waals surface area contributed by atoms with E-state index in [1.54, 1.807) is 43.1 Å². The average molecular weight is 546 g/mol. The molecule has 5 aromatic rings. The molecule has 1 amide bonds. The molecule has 0 aliphatic rings. The number of nitrogens with zero attached hydrogens (tertiary/aromatic N) is 4. The number of aromatic amines is 1. The second-order valence-corrected chi connectivity index (χ2v) is 10.0. The molecule has 2 heterocycles. The summed E-state index contributed by atoms with van der Waals surface area (Å²) in [5.74, 6) is -0.581. The third-order valence-corrected chi connectivity index (χ3v) is 6.83. The van der Waals surface area contributed by atoms with E-state index in [4.69, 9.17) is 21.0 Å². The number of oxazole rings is 1. The van der Waals surface area contributed by atoms with E-state index in [9.17, 15) is 14.7 Å². The topological polar surface area (TPSA) is 107 Å². The number of nitrogens with one attached hydrogen (secondary N) is 1. The maximum atomic E-state index is 12.3. The van der Waals surface area contributed by atoms with E-state index in [-0.39, 0.29) is 11.8 Å². The average Bonchev–Trinajstić information content (AvgIpc) is 3.36. The molecule has 0 spiro atoms. The first-order chi connectivity index (χ1) is 18.6. The first kappa shape index (κ1) is 26.3. The predicted molar refractivity (Wildman–Crippen MR) is 155 cm³/mol. The summed E-state index contributed by atoms with van der Waals surface area (Å²) < 4.78 is 6.85. The molecule has 0 radical (unpaired) electrons. The van der Waals surface area contributed by atoms with Crippen molar-refractivity contribution in [2.45, 2.75) is 6.92 Å². The molecule has 2 aromatic heterocycles.